The van der Waals surface area contributed by atoms with Gasteiger partial charge in [-0.3, -0.25) is 4.98 Å². The van der Waals surface area contributed by atoms with E-state index in [1.807, 2.05) is 42.3 Å². The summed E-state index contributed by atoms with van der Waals surface area (Å²) in [6, 6.07) is 11.0. The zero-order valence-electron chi connectivity index (χ0n) is 16.3. The summed E-state index contributed by atoms with van der Waals surface area (Å²) < 4.78 is 15.0. The van der Waals surface area contributed by atoms with E-state index in [1.54, 1.807) is 12.3 Å². The monoisotopic (exact) mass is 393 g/mol. The largest absolute Gasteiger partial charge is 0.507 e. The summed E-state index contributed by atoms with van der Waals surface area (Å²) in [5.74, 6) is 0.774. The molecule has 2 aromatic heterocycles. The van der Waals surface area contributed by atoms with Crippen molar-refractivity contribution >= 4 is 16.7 Å². The zero-order valence-corrected chi connectivity index (χ0v) is 16.3. The summed E-state index contributed by atoms with van der Waals surface area (Å²) in [5, 5.41) is 23.3. The van der Waals surface area contributed by atoms with E-state index in [-0.39, 0.29) is 17.8 Å². The first-order valence-electron chi connectivity index (χ1n) is 10.1. The Morgan fingerprint density at radius 2 is 2.07 bits per heavy atom. The Hall–Kier alpha value is -2.80. The van der Waals surface area contributed by atoms with Crippen LogP contribution < -0.4 is 10.2 Å². The molecule has 0 aliphatic carbocycles. The Labute approximate surface area is 168 Å². The van der Waals surface area contributed by atoms with E-state index in [9.17, 15) is 5.11 Å². The first kappa shape index (κ1) is 18.2. The van der Waals surface area contributed by atoms with Gasteiger partial charge in [-0.2, -0.15) is 0 Å². The van der Waals surface area contributed by atoms with E-state index in [1.165, 1.54) is 0 Å². The van der Waals surface area contributed by atoms with Crippen LogP contribution in [0.4, 0.5) is 10.2 Å². The van der Waals surface area contributed by atoms with Crippen molar-refractivity contribution in [3.8, 4) is 17.0 Å². The number of nitrogens with zero attached hydrogens (tertiary/aromatic N) is 4. The molecule has 0 unspecified atom stereocenters. The molecule has 4 heterocycles. The fraction of sp³-hybridized carbons (Fsp3) is 0.409. The average Bonchev–Trinajstić information content (AvgIpc) is 2.76. The molecule has 2 N–H and O–H groups in total. The third kappa shape index (κ3) is 3.29. The minimum atomic E-state index is -0.923. The van der Waals surface area contributed by atoms with Gasteiger partial charge in [-0.25, -0.2) is 4.39 Å². The van der Waals surface area contributed by atoms with Gasteiger partial charge in [-0.1, -0.05) is 12.5 Å². The first-order valence-corrected chi connectivity index (χ1v) is 10.1. The highest BCUT2D eigenvalue weighted by Crippen LogP contribution is 2.34. The first-order chi connectivity index (χ1) is 14.1. The number of hydrogen-bond acceptors (Lipinski definition) is 6. The summed E-state index contributed by atoms with van der Waals surface area (Å²) in [4.78, 5) is 6.25. The highest BCUT2D eigenvalue weighted by molar-refractivity contribution is 5.87. The zero-order chi connectivity index (χ0) is 20.0. The van der Waals surface area contributed by atoms with Gasteiger partial charge in [-0.15, -0.1) is 10.2 Å². The van der Waals surface area contributed by atoms with E-state index in [0.29, 0.717) is 23.1 Å². The quantitative estimate of drug-likeness (QED) is 0.710. The Morgan fingerprint density at radius 3 is 2.90 bits per heavy atom. The van der Waals surface area contributed by atoms with Crippen molar-refractivity contribution in [1.82, 2.24) is 20.5 Å². The number of anilines is 1. The number of nitrogens with one attached hydrogen (secondary N) is 1. The van der Waals surface area contributed by atoms with Crippen molar-refractivity contribution in [1.29, 1.82) is 0 Å². The molecule has 7 heteroatoms. The maximum Gasteiger partial charge on any atom is 0.151 e. The van der Waals surface area contributed by atoms with Crippen LogP contribution in [0.25, 0.3) is 22.2 Å². The number of phenols is 1. The molecule has 3 aromatic rings. The Bertz CT molecular complexity index is 1030. The predicted octanol–water partition coefficient (Wildman–Crippen LogP) is 3.45. The molecule has 4 atom stereocenters. The third-order valence-corrected chi connectivity index (χ3v) is 6.30. The van der Waals surface area contributed by atoms with E-state index >= 15 is 4.39 Å². The lowest BCUT2D eigenvalue weighted by atomic mass is 9.82. The smallest absolute Gasteiger partial charge is 0.151 e. The molecule has 2 aliphatic heterocycles. The Balaban J connectivity index is 1.41. The summed E-state index contributed by atoms with van der Waals surface area (Å²) in [7, 11) is 1.89. The second kappa shape index (κ2) is 7.22. The van der Waals surface area contributed by atoms with Crippen LogP contribution >= 0.6 is 0 Å². The molecule has 0 radical (unpaired) electrons. The maximum atomic E-state index is 15.0. The summed E-state index contributed by atoms with van der Waals surface area (Å²) >= 11 is 0. The van der Waals surface area contributed by atoms with Crippen LogP contribution in [0.2, 0.25) is 0 Å². The molecular weight excluding hydrogens is 369 g/mol. The molecule has 1 aromatic carbocycles. The van der Waals surface area contributed by atoms with E-state index in [4.69, 9.17) is 0 Å². The van der Waals surface area contributed by atoms with Crippen LogP contribution in [0.5, 0.6) is 5.75 Å². The number of benzene rings is 1. The van der Waals surface area contributed by atoms with Gasteiger partial charge in [0.15, 0.2) is 5.82 Å². The highest BCUT2D eigenvalue weighted by atomic mass is 19.1. The summed E-state index contributed by atoms with van der Waals surface area (Å²) in [6.07, 6.45) is 4.66. The minimum absolute atomic E-state index is 0.0655. The fourth-order valence-corrected chi connectivity index (χ4v) is 4.69. The van der Waals surface area contributed by atoms with Crippen molar-refractivity contribution in [2.75, 3.05) is 11.9 Å². The number of rotatable bonds is 3. The van der Waals surface area contributed by atoms with E-state index in [2.05, 4.69) is 20.5 Å². The number of hydrogen-bond donors (Lipinski definition) is 2. The highest BCUT2D eigenvalue weighted by Gasteiger charge is 2.41. The second-order valence-corrected chi connectivity index (χ2v) is 8.10. The summed E-state index contributed by atoms with van der Waals surface area (Å²) in [6.45, 7) is 0. The molecule has 0 saturated carbocycles. The van der Waals surface area contributed by atoms with Gasteiger partial charge in [0.25, 0.3) is 0 Å². The third-order valence-electron chi connectivity index (χ3n) is 6.30. The van der Waals surface area contributed by atoms with Crippen LogP contribution in [0, 0.1) is 0 Å². The van der Waals surface area contributed by atoms with Gasteiger partial charge >= 0.3 is 0 Å². The van der Waals surface area contributed by atoms with Crippen molar-refractivity contribution in [2.45, 2.75) is 50.0 Å². The number of aromatic nitrogens is 3. The normalized spacial score (nSPS) is 26.4. The maximum absolute atomic E-state index is 15.0. The van der Waals surface area contributed by atoms with E-state index in [0.717, 1.165) is 36.6 Å². The molecule has 29 heavy (non-hydrogen) atoms. The minimum Gasteiger partial charge on any atom is -0.507 e. The van der Waals surface area contributed by atoms with Gasteiger partial charge < -0.3 is 15.3 Å². The van der Waals surface area contributed by atoms with Crippen molar-refractivity contribution in [2.24, 2.45) is 0 Å². The topological polar surface area (TPSA) is 74.2 Å². The van der Waals surface area contributed by atoms with Crippen LogP contribution in [0.3, 0.4) is 0 Å². The van der Waals surface area contributed by atoms with Gasteiger partial charge in [0.2, 0.25) is 0 Å². The van der Waals surface area contributed by atoms with Gasteiger partial charge in [0.1, 0.15) is 11.9 Å². The van der Waals surface area contributed by atoms with Crippen LogP contribution in [0.15, 0.2) is 42.6 Å². The Morgan fingerprint density at radius 1 is 1.17 bits per heavy atom. The number of pyridine rings is 1. The van der Waals surface area contributed by atoms with Gasteiger partial charge in [-0.05, 0) is 49.6 Å². The SMILES string of the molecule is CN(c1ccc(-c2cc3ncccc3cc2O)nn1)[C@@H]1C[C@H]2CCC[C@H](N2)[C@@H]1F. The summed E-state index contributed by atoms with van der Waals surface area (Å²) in [5.41, 5.74) is 1.92. The average molecular weight is 393 g/mol. The fourth-order valence-electron chi connectivity index (χ4n) is 4.69. The number of halogens is 1. The molecule has 0 amide bonds. The number of fused-ring (bicyclic) bond motifs is 3. The lowest BCUT2D eigenvalue weighted by Crippen LogP contribution is -2.61. The van der Waals surface area contributed by atoms with E-state index < -0.39 is 6.17 Å². The number of phenolic OH excluding ortho intramolecular Hbond substituents is 1. The molecule has 2 saturated heterocycles. The standard InChI is InChI=1S/C22H24FN5O/c1-28(19-11-14-5-2-6-17(25-14)22(19)23)21-8-7-16(26-27-21)15-12-18-13(10-20(15)29)4-3-9-24-18/h3-4,7-10,12,14,17,19,22,25,29H,2,5-6,11H2,1H3/t14-,17+,19-,22+/m1/s1. The molecule has 2 fully saturated rings. The number of piperidine rings is 2. The lowest BCUT2D eigenvalue weighted by molar-refractivity contribution is 0.107. The second-order valence-electron chi connectivity index (χ2n) is 8.10. The number of alkyl halides is 1. The molecule has 6 nitrogen and oxygen atoms in total. The molecule has 5 rings (SSSR count). The van der Waals surface area contributed by atoms with Crippen molar-refractivity contribution in [3.63, 3.8) is 0 Å². The van der Waals surface area contributed by atoms with Crippen molar-refractivity contribution < 1.29 is 9.50 Å². The molecule has 0 spiro atoms. The van der Waals surface area contributed by atoms with Crippen LogP contribution in [-0.4, -0.2) is 51.6 Å². The number of aromatic hydroxyl groups is 1. The molecule has 2 aliphatic rings. The molecule has 150 valence electrons. The predicted molar refractivity (Wildman–Crippen MR) is 111 cm³/mol. The lowest BCUT2D eigenvalue weighted by Gasteiger charge is -2.46. The Kier molecular flexibility index (Phi) is 4.54. The van der Waals surface area contributed by atoms with Gasteiger partial charge in [0.05, 0.1) is 17.3 Å². The molecular formula is C22H24FN5O. The van der Waals surface area contributed by atoms with Crippen molar-refractivity contribution in [3.05, 3.63) is 42.6 Å². The molecule has 2 bridgehead atoms. The van der Waals surface area contributed by atoms with Crippen LogP contribution in [-0.2, 0) is 0 Å². The van der Waals surface area contributed by atoms with Gasteiger partial charge in [0, 0.05) is 36.3 Å². The van der Waals surface area contributed by atoms with Crippen LogP contribution in [0.1, 0.15) is 25.7 Å².